The summed E-state index contributed by atoms with van der Waals surface area (Å²) in [7, 11) is -3.61. The monoisotopic (exact) mass is 829 g/mol. The summed E-state index contributed by atoms with van der Waals surface area (Å²) < 4.78 is 102. The van der Waals surface area contributed by atoms with Crippen molar-refractivity contribution in [3.63, 3.8) is 0 Å². The summed E-state index contributed by atoms with van der Waals surface area (Å²) in [5, 5.41) is 2.12. The number of carbonyl (C=O) groups is 2. The van der Waals surface area contributed by atoms with Crippen LogP contribution in [0.15, 0.2) is 16.6 Å². The minimum Gasteiger partial charge on any atom is -0.379 e. The van der Waals surface area contributed by atoms with Crippen molar-refractivity contribution in [2.24, 2.45) is 22.4 Å². The van der Waals surface area contributed by atoms with Crippen molar-refractivity contribution in [1.29, 1.82) is 0 Å². The molecule has 0 aromatic heterocycles. The molecule has 2 aliphatic carbocycles. The lowest BCUT2D eigenvalue weighted by Crippen LogP contribution is -2.45. The Kier molecular flexibility index (Phi) is 26.4. The third-order valence-electron chi connectivity index (χ3n) is 8.89. The largest absolute Gasteiger partial charge is 0.379 e. The van der Waals surface area contributed by atoms with E-state index >= 15 is 0 Å². The van der Waals surface area contributed by atoms with Crippen molar-refractivity contribution in [3.05, 3.63) is 11.6 Å². The van der Waals surface area contributed by atoms with E-state index in [9.17, 15) is 26.8 Å². The number of carbonyl (C=O) groups excluding carboxylic acids is 2. The van der Waals surface area contributed by atoms with E-state index in [1.54, 1.807) is 0 Å². The van der Waals surface area contributed by atoms with E-state index in [0.29, 0.717) is 112 Å². The fraction of sp³-hybridized carbons (Fsp3) is 0.861. The molecule has 2 rings (SSSR count). The lowest BCUT2D eigenvalue weighted by Gasteiger charge is -2.37. The lowest BCUT2D eigenvalue weighted by molar-refractivity contribution is -0.122. The van der Waals surface area contributed by atoms with Crippen LogP contribution in [0.5, 0.6) is 0 Å². The molecule has 0 radical (unpaired) electrons. The van der Waals surface area contributed by atoms with Crippen LogP contribution in [0.4, 0.5) is 8.78 Å². The predicted octanol–water partition coefficient (Wildman–Crippen LogP) is 1.08. The highest BCUT2D eigenvalue weighted by Gasteiger charge is 2.41. The van der Waals surface area contributed by atoms with Gasteiger partial charge in [-0.3, -0.25) is 9.59 Å². The summed E-state index contributed by atoms with van der Waals surface area (Å²) in [5.74, 6) is -1.69. The molecule has 0 aliphatic heterocycles. The number of allylic oxidation sites excluding steroid dienone is 1. The SMILES string of the molecule is CCOCCOCCOCCOCCC(=O)NCCOCCOCCOCCNS(=O)(=O)C1CCC(OC2C(F)CC(/C=C(\C)C(=O)N=C(N)N)CC2F)CC1. The first kappa shape index (κ1) is 49.7. The van der Waals surface area contributed by atoms with E-state index < -0.39 is 57.6 Å². The van der Waals surface area contributed by atoms with Crippen molar-refractivity contribution in [2.45, 2.75) is 88.6 Å². The summed E-state index contributed by atoms with van der Waals surface area (Å²) in [6.45, 7) is 9.53. The number of rotatable bonds is 31. The quantitative estimate of drug-likeness (QED) is 0.0332. The lowest BCUT2D eigenvalue weighted by atomic mass is 9.83. The van der Waals surface area contributed by atoms with Gasteiger partial charge in [-0.05, 0) is 58.3 Å². The maximum absolute atomic E-state index is 15.0. The Morgan fingerprint density at radius 1 is 0.732 bits per heavy atom. The van der Waals surface area contributed by atoms with Gasteiger partial charge in [0.15, 0.2) is 5.96 Å². The summed E-state index contributed by atoms with van der Waals surface area (Å²) in [6.07, 6.45) is -1.82. The van der Waals surface area contributed by atoms with Gasteiger partial charge in [-0.25, -0.2) is 21.9 Å². The molecule has 2 saturated carbocycles. The first-order valence-electron chi connectivity index (χ1n) is 19.5. The van der Waals surface area contributed by atoms with E-state index in [1.807, 2.05) is 6.92 Å². The van der Waals surface area contributed by atoms with Crippen LogP contribution < -0.4 is 21.5 Å². The van der Waals surface area contributed by atoms with Crippen molar-refractivity contribution in [3.8, 4) is 0 Å². The first-order chi connectivity index (χ1) is 26.9. The topological polar surface area (TPSA) is 231 Å². The van der Waals surface area contributed by atoms with Crippen LogP contribution >= 0.6 is 0 Å². The summed E-state index contributed by atoms with van der Waals surface area (Å²) in [6, 6.07) is 0. The second-order valence-electron chi connectivity index (χ2n) is 13.4. The summed E-state index contributed by atoms with van der Waals surface area (Å²) >= 11 is 0. The van der Waals surface area contributed by atoms with Crippen molar-refractivity contribution in [1.82, 2.24) is 10.0 Å². The maximum Gasteiger partial charge on any atom is 0.275 e. The molecule has 56 heavy (non-hydrogen) atoms. The molecule has 326 valence electrons. The highest BCUT2D eigenvalue weighted by atomic mass is 32.2. The van der Waals surface area contributed by atoms with Crippen LogP contribution in [0.1, 0.15) is 58.8 Å². The standard InChI is InChI=1S/C36H65F2N5O12S/c1-3-48-14-15-52-22-23-53-19-16-49-11-8-33(44)41-9-12-50-17-20-54-21-18-51-13-10-42-56(46,47)30-6-4-29(5-7-30)55-34-31(37)25-28(26-32(34)38)24-27(2)35(45)43-36(39)40/h24,28-32,34,42H,3-23,25-26H2,1-2H3,(H,41,44)(H4,39,40,43,45)/b27-24+. The van der Waals surface area contributed by atoms with Gasteiger partial charge in [0, 0.05) is 31.7 Å². The zero-order valence-corrected chi connectivity index (χ0v) is 33.8. The first-order valence-corrected chi connectivity index (χ1v) is 21.0. The maximum atomic E-state index is 15.0. The molecule has 17 nitrogen and oxygen atoms in total. The number of alkyl halides is 2. The van der Waals surface area contributed by atoms with Crippen molar-refractivity contribution >= 4 is 27.8 Å². The molecule has 0 heterocycles. The fourth-order valence-corrected chi connectivity index (χ4v) is 7.54. The molecular formula is C36H65F2N5O12S. The Morgan fingerprint density at radius 3 is 1.73 bits per heavy atom. The molecule has 0 aromatic rings. The van der Waals surface area contributed by atoms with E-state index in [4.69, 9.17) is 49.4 Å². The highest BCUT2D eigenvalue weighted by molar-refractivity contribution is 7.90. The molecule has 2 unspecified atom stereocenters. The van der Waals surface area contributed by atoms with Crippen LogP contribution in [0, 0.1) is 5.92 Å². The number of hydrogen-bond acceptors (Lipinski definition) is 12. The number of nitrogens with two attached hydrogens (primary N) is 2. The van der Waals surface area contributed by atoms with Gasteiger partial charge in [-0.2, -0.15) is 4.99 Å². The predicted molar refractivity (Wildman–Crippen MR) is 204 cm³/mol. The van der Waals surface area contributed by atoms with Gasteiger partial charge in [0.2, 0.25) is 15.9 Å². The van der Waals surface area contributed by atoms with Crippen LogP contribution in [-0.2, 0) is 57.5 Å². The molecule has 0 bridgehead atoms. The number of guanidine groups is 1. The average Bonchev–Trinajstić information content (AvgIpc) is 3.15. The van der Waals surface area contributed by atoms with Crippen molar-refractivity contribution in [2.75, 3.05) is 106 Å². The smallest absolute Gasteiger partial charge is 0.275 e. The molecule has 20 heteroatoms. The fourth-order valence-electron chi connectivity index (χ4n) is 6.04. The third-order valence-corrected chi connectivity index (χ3v) is 10.8. The van der Waals surface area contributed by atoms with E-state index in [1.165, 1.54) is 13.0 Å². The van der Waals surface area contributed by atoms with Crippen LogP contribution in [-0.4, -0.2) is 162 Å². The van der Waals surface area contributed by atoms with Gasteiger partial charge in [0.05, 0.1) is 97.2 Å². The van der Waals surface area contributed by atoms with Crippen LogP contribution in [0.25, 0.3) is 0 Å². The zero-order chi connectivity index (χ0) is 41.0. The summed E-state index contributed by atoms with van der Waals surface area (Å²) in [5.41, 5.74) is 10.6. The Morgan fingerprint density at radius 2 is 1.21 bits per heavy atom. The molecule has 2 aliphatic rings. The number of nitrogens with zero attached hydrogens (tertiary/aromatic N) is 1. The average molecular weight is 830 g/mol. The normalized spacial score (nSPS) is 23.2. The molecule has 2 amide bonds. The van der Waals surface area contributed by atoms with E-state index in [2.05, 4.69) is 15.0 Å². The van der Waals surface area contributed by atoms with Gasteiger partial charge in [-0.15, -0.1) is 0 Å². The molecular weight excluding hydrogens is 764 g/mol. The third kappa shape index (κ3) is 22.5. The molecule has 0 saturated heterocycles. The number of ether oxygens (including phenoxy) is 8. The number of nitrogens with one attached hydrogen (secondary N) is 2. The Balaban J connectivity index is 1.42. The van der Waals surface area contributed by atoms with Gasteiger partial charge in [-0.1, -0.05) is 6.08 Å². The Labute approximate surface area is 330 Å². The Bertz CT molecular complexity index is 1240. The second-order valence-corrected chi connectivity index (χ2v) is 15.4. The molecule has 0 spiro atoms. The minimum absolute atomic E-state index is 0.0135. The van der Waals surface area contributed by atoms with Crippen LogP contribution in [0.2, 0.25) is 0 Å². The zero-order valence-electron chi connectivity index (χ0n) is 33.0. The molecule has 2 atom stereocenters. The van der Waals surface area contributed by atoms with Crippen molar-refractivity contribution < 1.29 is 64.7 Å². The number of halogens is 2. The molecule has 2 fully saturated rings. The number of amides is 2. The van der Waals surface area contributed by atoms with E-state index in [0.717, 1.165) is 0 Å². The number of sulfonamides is 1. The second kappa shape index (κ2) is 29.8. The number of aliphatic imine (C=N–C) groups is 1. The minimum atomic E-state index is -3.61. The van der Waals surface area contributed by atoms with Crippen LogP contribution in [0.3, 0.4) is 0 Å². The van der Waals surface area contributed by atoms with Gasteiger partial charge < -0.3 is 54.7 Å². The van der Waals surface area contributed by atoms with E-state index in [-0.39, 0.29) is 50.5 Å². The van der Waals surface area contributed by atoms with Gasteiger partial charge in [0.25, 0.3) is 5.91 Å². The van der Waals surface area contributed by atoms with Gasteiger partial charge >= 0.3 is 0 Å². The summed E-state index contributed by atoms with van der Waals surface area (Å²) in [4.78, 5) is 27.3. The molecule has 6 N–H and O–H groups in total. The number of hydrogen-bond donors (Lipinski definition) is 4. The molecule has 0 aromatic carbocycles. The van der Waals surface area contributed by atoms with Gasteiger partial charge in [0.1, 0.15) is 18.4 Å². The Hall–Kier alpha value is -2.40. The highest BCUT2D eigenvalue weighted by Crippen LogP contribution is 2.35.